The molecule has 0 aromatic carbocycles. The summed E-state index contributed by atoms with van der Waals surface area (Å²) in [6, 6.07) is 0. The topological polar surface area (TPSA) is 26.1 Å². The highest BCUT2D eigenvalue weighted by Crippen LogP contribution is 1.79. The maximum absolute atomic E-state index is 8.49. The average Bonchev–Trinajstić information content (AvgIpc) is 1.27. The lowest BCUT2D eigenvalue weighted by molar-refractivity contribution is 0.372. The van der Waals surface area contributed by atoms with Gasteiger partial charge < -0.3 is 5.11 Å². The molecule has 0 aromatic rings. The summed E-state index contributed by atoms with van der Waals surface area (Å²) in [5.74, 6) is 0.213. The molecular formula is C5H11NO+. The fourth-order valence-electron chi connectivity index (χ4n) is 0.365. The van der Waals surface area contributed by atoms with E-state index in [4.69, 9.17) is 5.11 Å². The van der Waals surface area contributed by atoms with Gasteiger partial charge in [0.05, 0.1) is 0 Å². The zero-order chi connectivity index (χ0) is 5.86. The molecule has 0 heterocycles. The molecule has 0 bridgehead atoms. The number of nitrogens with zero attached hydrogens (tertiary/aromatic N) is 1. The first kappa shape index (κ1) is 6.50. The third-order valence-corrected chi connectivity index (χ3v) is 0.499. The van der Waals surface area contributed by atoms with Gasteiger partial charge in [0, 0.05) is 0 Å². The molecule has 0 unspecified atom stereocenters. The minimum Gasteiger partial charge on any atom is -0.507 e. The summed E-state index contributed by atoms with van der Waals surface area (Å²) in [4.78, 5) is 1.85. The van der Waals surface area contributed by atoms with Crippen molar-refractivity contribution in [3.8, 4) is 0 Å². The van der Waals surface area contributed by atoms with Gasteiger partial charge in [-0.05, 0) is 0 Å². The van der Waals surface area contributed by atoms with Crippen molar-refractivity contribution in [1.82, 2.24) is 4.90 Å². The van der Waals surface area contributed by atoms with Gasteiger partial charge in [0.25, 0.3) is 0 Å². The van der Waals surface area contributed by atoms with Gasteiger partial charge in [-0.3, -0.25) is 0 Å². The third kappa shape index (κ3) is 5.50. The Kier molecular flexibility index (Phi) is 2.45. The van der Waals surface area contributed by atoms with Crippen LogP contribution < -0.4 is 4.90 Å². The highest BCUT2D eigenvalue weighted by molar-refractivity contribution is 4.82. The van der Waals surface area contributed by atoms with Crippen LogP contribution >= 0.6 is 0 Å². The summed E-state index contributed by atoms with van der Waals surface area (Å²) >= 11 is 0. The summed E-state index contributed by atoms with van der Waals surface area (Å²) in [7, 11) is 3.75. The first-order valence-corrected chi connectivity index (χ1v) is 2.14. The molecule has 0 rings (SSSR count). The smallest absolute Gasteiger partial charge is 0.178 e. The van der Waals surface area contributed by atoms with Crippen molar-refractivity contribution < 1.29 is 5.11 Å². The lowest BCUT2D eigenvalue weighted by atomic mass is 10.5. The van der Waals surface area contributed by atoms with Crippen LogP contribution in [0.4, 0.5) is 0 Å². The molecule has 0 aliphatic carbocycles. The van der Waals surface area contributed by atoms with Crippen molar-refractivity contribution in [2.75, 3.05) is 20.6 Å². The van der Waals surface area contributed by atoms with E-state index >= 15 is 0 Å². The highest BCUT2D eigenvalue weighted by atomic mass is 16.3. The summed E-state index contributed by atoms with van der Waals surface area (Å²) in [5.41, 5.74) is 0. The van der Waals surface area contributed by atoms with Crippen LogP contribution in [0, 0.1) is 0 Å². The van der Waals surface area contributed by atoms with Gasteiger partial charge in [0.1, 0.15) is 19.9 Å². The van der Waals surface area contributed by atoms with E-state index in [0.29, 0.717) is 6.54 Å². The number of rotatable bonds is 2. The molecular weight excluding hydrogens is 90.1 g/mol. The van der Waals surface area contributed by atoms with Crippen molar-refractivity contribution in [1.29, 1.82) is 0 Å². The van der Waals surface area contributed by atoms with Crippen LogP contribution in [0.1, 0.15) is 0 Å². The van der Waals surface area contributed by atoms with E-state index in [-0.39, 0.29) is 5.76 Å². The number of aliphatic hydroxyl groups excluding tert-OH is 1. The second-order valence-corrected chi connectivity index (χ2v) is 1.80. The summed E-state index contributed by atoms with van der Waals surface area (Å²) in [6.07, 6.45) is 0. The van der Waals surface area contributed by atoms with Crippen molar-refractivity contribution in [3.63, 3.8) is 0 Å². The van der Waals surface area contributed by atoms with E-state index < -0.39 is 0 Å². The van der Waals surface area contributed by atoms with E-state index in [9.17, 15) is 0 Å². The second-order valence-electron chi connectivity index (χ2n) is 1.80. The molecule has 0 aliphatic heterocycles. The molecule has 2 nitrogen and oxygen atoms in total. The molecule has 0 fully saturated rings. The SMILES string of the molecule is C=C(O)C[N+](C)C. The summed E-state index contributed by atoms with van der Waals surface area (Å²) < 4.78 is 0. The van der Waals surface area contributed by atoms with E-state index in [2.05, 4.69) is 6.58 Å². The van der Waals surface area contributed by atoms with Crippen molar-refractivity contribution in [2.45, 2.75) is 0 Å². The first-order chi connectivity index (χ1) is 3.13. The summed E-state index contributed by atoms with van der Waals surface area (Å²) in [6.45, 7) is 3.86. The van der Waals surface area contributed by atoms with Crippen LogP contribution in [0.2, 0.25) is 0 Å². The molecule has 0 aliphatic rings. The standard InChI is InChI=1S/C5H11NO/c1-5(7)4-6(2)3/h7H,1,4H2,2-3H3/q+1. The Morgan fingerprint density at radius 2 is 2.14 bits per heavy atom. The van der Waals surface area contributed by atoms with E-state index in [1.165, 1.54) is 0 Å². The maximum atomic E-state index is 8.49. The lowest BCUT2D eigenvalue weighted by Gasteiger charge is -1.94. The van der Waals surface area contributed by atoms with Crippen molar-refractivity contribution >= 4 is 0 Å². The molecule has 41 valence electrons. The van der Waals surface area contributed by atoms with Crippen LogP contribution in [0.3, 0.4) is 0 Å². The molecule has 7 heavy (non-hydrogen) atoms. The highest BCUT2D eigenvalue weighted by Gasteiger charge is 1.97. The molecule has 0 saturated carbocycles. The zero-order valence-electron chi connectivity index (χ0n) is 4.81. The average molecular weight is 101 g/mol. The van der Waals surface area contributed by atoms with Gasteiger partial charge in [-0.2, -0.15) is 4.90 Å². The quantitative estimate of drug-likeness (QED) is 0.397. The van der Waals surface area contributed by atoms with Crippen LogP contribution in [-0.2, 0) is 0 Å². The molecule has 2 heteroatoms. The van der Waals surface area contributed by atoms with Crippen LogP contribution in [-0.4, -0.2) is 25.7 Å². The van der Waals surface area contributed by atoms with Crippen molar-refractivity contribution in [3.05, 3.63) is 12.3 Å². The first-order valence-electron chi connectivity index (χ1n) is 2.14. The number of likely N-dealkylation sites (N-methyl/N-ethyl adjacent to an activating group) is 1. The Morgan fingerprint density at radius 3 is 2.14 bits per heavy atom. The fraction of sp³-hybridized carbons (Fsp3) is 0.600. The molecule has 1 N–H and O–H groups in total. The zero-order valence-corrected chi connectivity index (χ0v) is 4.81. The second kappa shape index (κ2) is 2.64. The largest absolute Gasteiger partial charge is 0.507 e. The Labute approximate surface area is 44.1 Å². The Hall–Kier alpha value is -0.500. The molecule has 0 amide bonds. The van der Waals surface area contributed by atoms with Gasteiger partial charge in [-0.25, -0.2) is 0 Å². The third-order valence-electron chi connectivity index (χ3n) is 0.499. The van der Waals surface area contributed by atoms with Crippen LogP contribution in [0.5, 0.6) is 0 Å². The van der Waals surface area contributed by atoms with Gasteiger partial charge in [-0.15, -0.1) is 0 Å². The van der Waals surface area contributed by atoms with Gasteiger partial charge >= 0.3 is 0 Å². The van der Waals surface area contributed by atoms with Gasteiger partial charge in [-0.1, -0.05) is 6.58 Å². The lowest BCUT2D eigenvalue weighted by Crippen LogP contribution is -2.20. The molecule has 1 radical (unpaired) electrons. The predicted octanol–water partition coefficient (Wildman–Crippen LogP) is 0.458. The Morgan fingerprint density at radius 1 is 1.71 bits per heavy atom. The Bertz CT molecular complexity index is 68.5. The van der Waals surface area contributed by atoms with E-state index in [1.54, 1.807) is 0 Å². The molecule has 0 spiro atoms. The monoisotopic (exact) mass is 101 g/mol. The van der Waals surface area contributed by atoms with Crippen molar-refractivity contribution in [2.24, 2.45) is 0 Å². The Balaban J connectivity index is 3.13. The predicted molar refractivity (Wildman–Crippen MR) is 30.6 cm³/mol. The van der Waals surface area contributed by atoms with E-state index in [1.807, 2.05) is 19.0 Å². The molecule has 0 atom stereocenters. The minimum atomic E-state index is 0.213. The number of hydrogen-bond donors (Lipinski definition) is 1. The minimum absolute atomic E-state index is 0.213. The van der Waals surface area contributed by atoms with Crippen LogP contribution in [0.25, 0.3) is 0 Å². The summed E-state index contributed by atoms with van der Waals surface area (Å²) in [5, 5.41) is 8.49. The molecule has 0 saturated heterocycles. The van der Waals surface area contributed by atoms with E-state index in [0.717, 1.165) is 0 Å². The number of hydrogen-bond acceptors (Lipinski definition) is 2. The molecule has 0 aromatic heterocycles. The van der Waals surface area contributed by atoms with Crippen LogP contribution in [0.15, 0.2) is 12.3 Å². The number of aliphatic hydroxyl groups is 1. The normalized spacial score (nSPS) is 9.57. The van der Waals surface area contributed by atoms with Gasteiger partial charge in [0.2, 0.25) is 0 Å². The maximum Gasteiger partial charge on any atom is 0.178 e. The van der Waals surface area contributed by atoms with Gasteiger partial charge in [0.15, 0.2) is 6.54 Å². The fourth-order valence-corrected chi connectivity index (χ4v) is 0.365.